The van der Waals surface area contributed by atoms with E-state index in [2.05, 4.69) is 21.2 Å². The molecule has 0 bridgehead atoms. The molecule has 6 heteroatoms. The SMILES string of the molecule is NC[C@H]1CC[C@@H](C(=O)NCc2csc(Br)c2)O1. The predicted molar refractivity (Wildman–Crippen MR) is 70.8 cm³/mol. The van der Waals surface area contributed by atoms with Gasteiger partial charge in [0.05, 0.1) is 9.89 Å². The predicted octanol–water partition coefficient (Wildman–Crippen LogP) is 1.63. The molecule has 17 heavy (non-hydrogen) atoms. The topological polar surface area (TPSA) is 64.4 Å². The quantitative estimate of drug-likeness (QED) is 0.887. The number of carbonyl (C=O) groups is 1. The minimum Gasteiger partial charge on any atom is -0.364 e. The maximum atomic E-state index is 11.8. The molecule has 0 spiro atoms. The molecule has 4 nitrogen and oxygen atoms in total. The van der Waals surface area contributed by atoms with Gasteiger partial charge in [-0.2, -0.15) is 0 Å². The average Bonchev–Trinajstić information content (AvgIpc) is 2.94. The van der Waals surface area contributed by atoms with Crippen molar-refractivity contribution in [1.29, 1.82) is 0 Å². The fourth-order valence-corrected chi connectivity index (χ4v) is 3.02. The van der Waals surface area contributed by atoms with E-state index in [-0.39, 0.29) is 18.1 Å². The molecule has 3 N–H and O–H groups in total. The van der Waals surface area contributed by atoms with Crippen LogP contribution in [0.4, 0.5) is 0 Å². The van der Waals surface area contributed by atoms with Crippen molar-refractivity contribution >= 4 is 33.2 Å². The van der Waals surface area contributed by atoms with Gasteiger partial charge in [0.1, 0.15) is 6.10 Å². The lowest BCUT2D eigenvalue weighted by Gasteiger charge is -2.12. The van der Waals surface area contributed by atoms with E-state index in [9.17, 15) is 4.79 Å². The molecule has 0 radical (unpaired) electrons. The summed E-state index contributed by atoms with van der Waals surface area (Å²) in [4.78, 5) is 11.8. The van der Waals surface area contributed by atoms with E-state index in [0.29, 0.717) is 13.1 Å². The van der Waals surface area contributed by atoms with Crippen LogP contribution in [0, 0.1) is 0 Å². The number of rotatable bonds is 4. The van der Waals surface area contributed by atoms with Crippen molar-refractivity contribution in [2.45, 2.75) is 31.6 Å². The summed E-state index contributed by atoms with van der Waals surface area (Å²) in [5.41, 5.74) is 6.60. The molecular formula is C11H15BrN2O2S. The van der Waals surface area contributed by atoms with Crippen molar-refractivity contribution < 1.29 is 9.53 Å². The molecule has 2 rings (SSSR count). The van der Waals surface area contributed by atoms with Crippen LogP contribution in [-0.4, -0.2) is 24.7 Å². The first-order valence-corrected chi connectivity index (χ1v) is 7.22. The number of hydrogen-bond acceptors (Lipinski definition) is 4. The van der Waals surface area contributed by atoms with Crippen LogP contribution in [0.25, 0.3) is 0 Å². The first-order valence-electron chi connectivity index (χ1n) is 5.55. The van der Waals surface area contributed by atoms with Crippen LogP contribution in [0.15, 0.2) is 15.2 Å². The maximum Gasteiger partial charge on any atom is 0.249 e. The van der Waals surface area contributed by atoms with Gasteiger partial charge in [0.25, 0.3) is 0 Å². The Morgan fingerprint density at radius 2 is 2.47 bits per heavy atom. The highest BCUT2D eigenvalue weighted by Crippen LogP contribution is 2.21. The second-order valence-corrected chi connectivity index (χ2v) is 6.33. The smallest absolute Gasteiger partial charge is 0.249 e. The molecule has 0 saturated carbocycles. The molecule has 2 heterocycles. The first kappa shape index (κ1) is 13.0. The summed E-state index contributed by atoms with van der Waals surface area (Å²) >= 11 is 5.00. The molecule has 0 aliphatic carbocycles. The maximum absolute atomic E-state index is 11.8. The van der Waals surface area contributed by atoms with Crippen molar-refractivity contribution in [2.24, 2.45) is 5.73 Å². The van der Waals surface area contributed by atoms with Crippen molar-refractivity contribution in [3.63, 3.8) is 0 Å². The van der Waals surface area contributed by atoms with Gasteiger partial charge in [0.15, 0.2) is 0 Å². The van der Waals surface area contributed by atoms with E-state index in [4.69, 9.17) is 10.5 Å². The van der Waals surface area contributed by atoms with E-state index in [0.717, 1.165) is 22.2 Å². The van der Waals surface area contributed by atoms with Gasteiger partial charge in [-0.1, -0.05) is 0 Å². The van der Waals surface area contributed by atoms with Crippen LogP contribution in [0.2, 0.25) is 0 Å². The highest BCUT2D eigenvalue weighted by molar-refractivity contribution is 9.11. The van der Waals surface area contributed by atoms with E-state index >= 15 is 0 Å². The van der Waals surface area contributed by atoms with E-state index < -0.39 is 0 Å². The third-order valence-corrected chi connectivity index (χ3v) is 4.30. The van der Waals surface area contributed by atoms with Crippen LogP contribution in [0.5, 0.6) is 0 Å². The molecular weight excluding hydrogens is 304 g/mol. The number of nitrogens with two attached hydrogens (primary N) is 1. The Kier molecular flexibility index (Phi) is 4.55. The number of carbonyl (C=O) groups excluding carboxylic acids is 1. The lowest BCUT2D eigenvalue weighted by atomic mass is 10.2. The fourth-order valence-electron chi connectivity index (χ4n) is 1.81. The second kappa shape index (κ2) is 5.95. The first-order chi connectivity index (χ1) is 8.19. The minimum atomic E-state index is -0.328. The standard InChI is InChI=1S/C11H15BrN2O2S/c12-10-3-7(6-17-10)5-14-11(15)9-2-1-8(4-13)16-9/h3,6,8-9H,1-2,4-5,13H2,(H,14,15)/t8-,9+/m1/s1. The van der Waals surface area contributed by atoms with Crippen LogP contribution in [0.1, 0.15) is 18.4 Å². The average molecular weight is 319 g/mol. The Morgan fingerprint density at radius 3 is 3.06 bits per heavy atom. The summed E-state index contributed by atoms with van der Waals surface area (Å²) in [5.74, 6) is -0.0386. The highest BCUT2D eigenvalue weighted by atomic mass is 79.9. The van der Waals surface area contributed by atoms with Crippen molar-refractivity contribution in [2.75, 3.05) is 6.54 Å². The fraction of sp³-hybridized carbons (Fsp3) is 0.545. The molecule has 2 atom stereocenters. The van der Waals surface area contributed by atoms with Gasteiger partial charge in [-0.05, 0) is 45.8 Å². The zero-order valence-electron chi connectivity index (χ0n) is 9.32. The third kappa shape index (κ3) is 3.51. The molecule has 94 valence electrons. The summed E-state index contributed by atoms with van der Waals surface area (Å²) in [7, 11) is 0. The molecule has 1 aliphatic heterocycles. The van der Waals surface area contributed by atoms with Crippen molar-refractivity contribution in [3.05, 3.63) is 20.8 Å². The van der Waals surface area contributed by atoms with Crippen LogP contribution in [-0.2, 0) is 16.1 Å². The van der Waals surface area contributed by atoms with Crippen molar-refractivity contribution in [1.82, 2.24) is 5.32 Å². The molecule has 1 fully saturated rings. The Balaban J connectivity index is 1.78. The number of ether oxygens (including phenoxy) is 1. The van der Waals surface area contributed by atoms with Gasteiger partial charge < -0.3 is 15.8 Å². The van der Waals surface area contributed by atoms with Gasteiger partial charge in [0.2, 0.25) is 5.91 Å². The third-order valence-electron chi connectivity index (χ3n) is 2.75. The lowest BCUT2D eigenvalue weighted by molar-refractivity contribution is -0.132. The number of halogens is 1. The van der Waals surface area contributed by atoms with Crippen molar-refractivity contribution in [3.8, 4) is 0 Å². The zero-order chi connectivity index (χ0) is 12.3. The van der Waals surface area contributed by atoms with Gasteiger partial charge in [-0.3, -0.25) is 4.79 Å². The molecule has 1 aliphatic rings. The lowest BCUT2D eigenvalue weighted by Crippen LogP contribution is -2.35. The molecule has 1 aromatic heterocycles. The Hall–Kier alpha value is -0.430. The van der Waals surface area contributed by atoms with E-state index in [1.807, 2.05) is 11.4 Å². The van der Waals surface area contributed by atoms with E-state index in [1.165, 1.54) is 0 Å². The van der Waals surface area contributed by atoms with Gasteiger partial charge >= 0.3 is 0 Å². The molecule has 1 aromatic rings. The Morgan fingerprint density at radius 1 is 1.65 bits per heavy atom. The second-order valence-electron chi connectivity index (χ2n) is 4.04. The number of thiophene rings is 1. The molecule has 0 aromatic carbocycles. The van der Waals surface area contributed by atoms with Gasteiger partial charge in [-0.15, -0.1) is 11.3 Å². The largest absolute Gasteiger partial charge is 0.364 e. The Labute approximate surface area is 113 Å². The monoisotopic (exact) mass is 318 g/mol. The van der Waals surface area contributed by atoms with Gasteiger partial charge in [0, 0.05) is 13.1 Å². The van der Waals surface area contributed by atoms with Crippen LogP contribution >= 0.6 is 27.3 Å². The number of amides is 1. The summed E-state index contributed by atoms with van der Waals surface area (Å²) in [6, 6.07) is 2.00. The molecule has 1 saturated heterocycles. The normalized spacial score (nSPS) is 23.9. The van der Waals surface area contributed by atoms with Gasteiger partial charge in [-0.25, -0.2) is 0 Å². The minimum absolute atomic E-state index is 0.0386. The van der Waals surface area contributed by atoms with E-state index in [1.54, 1.807) is 11.3 Å². The zero-order valence-corrected chi connectivity index (χ0v) is 11.7. The Bertz CT molecular complexity index is 397. The van der Waals surface area contributed by atoms with Crippen LogP contribution < -0.4 is 11.1 Å². The summed E-state index contributed by atoms with van der Waals surface area (Å²) in [5, 5.41) is 4.90. The summed E-state index contributed by atoms with van der Waals surface area (Å²) in [6.45, 7) is 1.04. The number of nitrogens with one attached hydrogen (secondary N) is 1. The van der Waals surface area contributed by atoms with Crippen LogP contribution in [0.3, 0.4) is 0 Å². The molecule has 1 amide bonds. The highest BCUT2D eigenvalue weighted by Gasteiger charge is 2.29. The summed E-state index contributed by atoms with van der Waals surface area (Å²) < 4.78 is 6.59. The summed E-state index contributed by atoms with van der Waals surface area (Å²) in [6.07, 6.45) is 1.35. The number of hydrogen-bond donors (Lipinski definition) is 2. The molecule has 0 unspecified atom stereocenters.